The number of anilines is 2. The molecule has 1 heterocycles. The van der Waals surface area contributed by atoms with Crippen LogP contribution in [0.2, 0.25) is 0 Å². The van der Waals surface area contributed by atoms with Crippen LogP contribution in [0.4, 0.5) is 24.5 Å². The van der Waals surface area contributed by atoms with E-state index in [0.717, 1.165) is 32.2 Å². The molecule has 0 unspecified atom stereocenters. The van der Waals surface area contributed by atoms with E-state index in [1.807, 2.05) is 4.90 Å². The number of nitrogens with zero attached hydrogens (tertiary/aromatic N) is 2. The SMILES string of the molecule is CC(C)N1CCN(c2ccc(N)c(C(F)(F)F)c2)CC1. The van der Waals surface area contributed by atoms with Gasteiger partial charge in [0.2, 0.25) is 0 Å². The molecule has 0 aliphatic carbocycles. The van der Waals surface area contributed by atoms with E-state index < -0.39 is 11.7 Å². The lowest BCUT2D eigenvalue weighted by atomic mass is 10.1. The molecule has 1 aliphatic heterocycles. The van der Waals surface area contributed by atoms with Crippen molar-refractivity contribution in [2.24, 2.45) is 0 Å². The van der Waals surface area contributed by atoms with Crippen LogP contribution in [0.25, 0.3) is 0 Å². The molecule has 2 N–H and O–H groups in total. The van der Waals surface area contributed by atoms with Gasteiger partial charge in [0.1, 0.15) is 0 Å². The van der Waals surface area contributed by atoms with Crippen molar-refractivity contribution in [1.29, 1.82) is 0 Å². The zero-order chi connectivity index (χ0) is 14.9. The Hall–Kier alpha value is -1.43. The molecular formula is C14H20F3N3. The highest BCUT2D eigenvalue weighted by Crippen LogP contribution is 2.36. The first-order chi connectivity index (χ1) is 9.29. The van der Waals surface area contributed by atoms with E-state index in [-0.39, 0.29) is 5.69 Å². The number of hydrogen-bond acceptors (Lipinski definition) is 3. The van der Waals surface area contributed by atoms with E-state index in [2.05, 4.69) is 18.7 Å². The molecular weight excluding hydrogens is 267 g/mol. The minimum absolute atomic E-state index is 0.220. The van der Waals surface area contributed by atoms with E-state index in [1.54, 1.807) is 6.07 Å². The van der Waals surface area contributed by atoms with Crippen molar-refractivity contribution >= 4 is 11.4 Å². The number of hydrogen-bond donors (Lipinski definition) is 1. The van der Waals surface area contributed by atoms with Gasteiger partial charge in [-0.25, -0.2) is 0 Å². The molecule has 6 heteroatoms. The Morgan fingerprint density at radius 2 is 1.70 bits per heavy atom. The molecule has 1 aliphatic rings. The summed E-state index contributed by atoms with van der Waals surface area (Å²) in [5, 5.41) is 0. The highest BCUT2D eigenvalue weighted by atomic mass is 19.4. The van der Waals surface area contributed by atoms with Gasteiger partial charge in [0.15, 0.2) is 0 Å². The summed E-state index contributed by atoms with van der Waals surface area (Å²) in [7, 11) is 0. The standard InChI is InChI=1S/C14H20F3N3/c1-10(2)19-5-7-20(8-6-19)11-3-4-13(18)12(9-11)14(15,16)17/h3-4,9-10H,5-8,18H2,1-2H3. The fraction of sp³-hybridized carbons (Fsp3) is 0.571. The highest BCUT2D eigenvalue weighted by molar-refractivity contribution is 5.59. The Morgan fingerprint density at radius 1 is 1.10 bits per heavy atom. The Bertz CT molecular complexity index is 463. The van der Waals surface area contributed by atoms with Crippen LogP contribution in [0.1, 0.15) is 19.4 Å². The minimum atomic E-state index is -4.40. The largest absolute Gasteiger partial charge is 0.418 e. The van der Waals surface area contributed by atoms with Crippen LogP contribution in [-0.4, -0.2) is 37.1 Å². The summed E-state index contributed by atoms with van der Waals surface area (Å²) >= 11 is 0. The first-order valence-corrected chi connectivity index (χ1v) is 6.75. The predicted octanol–water partition coefficient (Wildman–Crippen LogP) is 2.82. The van der Waals surface area contributed by atoms with Gasteiger partial charge < -0.3 is 10.6 Å². The lowest BCUT2D eigenvalue weighted by molar-refractivity contribution is -0.136. The van der Waals surface area contributed by atoms with Crippen LogP contribution >= 0.6 is 0 Å². The van der Waals surface area contributed by atoms with Crippen LogP contribution in [0.3, 0.4) is 0 Å². The number of halogens is 3. The van der Waals surface area contributed by atoms with Crippen molar-refractivity contribution in [3.8, 4) is 0 Å². The normalized spacial score (nSPS) is 17.8. The summed E-state index contributed by atoms with van der Waals surface area (Å²) < 4.78 is 38.6. The van der Waals surface area contributed by atoms with Gasteiger partial charge in [0.05, 0.1) is 5.56 Å². The maximum atomic E-state index is 12.9. The number of rotatable bonds is 2. The van der Waals surface area contributed by atoms with Crippen LogP contribution in [-0.2, 0) is 6.18 Å². The third kappa shape index (κ3) is 3.17. The van der Waals surface area contributed by atoms with Gasteiger partial charge in [-0.1, -0.05) is 0 Å². The summed E-state index contributed by atoms with van der Waals surface area (Å²) in [6.07, 6.45) is -4.40. The van der Waals surface area contributed by atoms with Crippen molar-refractivity contribution in [3.63, 3.8) is 0 Å². The molecule has 112 valence electrons. The number of piperazine rings is 1. The first-order valence-electron chi connectivity index (χ1n) is 6.75. The molecule has 0 spiro atoms. The van der Waals surface area contributed by atoms with Crippen LogP contribution in [0.15, 0.2) is 18.2 Å². The molecule has 3 nitrogen and oxygen atoms in total. The molecule has 0 saturated carbocycles. The predicted molar refractivity (Wildman–Crippen MR) is 74.8 cm³/mol. The molecule has 1 saturated heterocycles. The molecule has 20 heavy (non-hydrogen) atoms. The van der Waals surface area contributed by atoms with Gasteiger partial charge in [0.25, 0.3) is 0 Å². The van der Waals surface area contributed by atoms with Gasteiger partial charge in [-0.3, -0.25) is 4.90 Å². The third-order valence-electron chi connectivity index (χ3n) is 3.75. The Labute approximate surface area is 117 Å². The molecule has 0 bridgehead atoms. The first kappa shape index (κ1) is 15.0. The van der Waals surface area contributed by atoms with Gasteiger partial charge in [-0.15, -0.1) is 0 Å². The smallest absolute Gasteiger partial charge is 0.398 e. The summed E-state index contributed by atoms with van der Waals surface area (Å²) in [5.41, 5.74) is 5.04. The average Bonchev–Trinajstić information content (AvgIpc) is 2.38. The van der Waals surface area contributed by atoms with Crippen molar-refractivity contribution in [1.82, 2.24) is 4.90 Å². The van der Waals surface area contributed by atoms with E-state index in [9.17, 15) is 13.2 Å². The topological polar surface area (TPSA) is 32.5 Å². The Balaban J connectivity index is 2.15. The summed E-state index contributed by atoms with van der Waals surface area (Å²) in [5.74, 6) is 0. The van der Waals surface area contributed by atoms with Gasteiger partial charge in [-0.05, 0) is 32.0 Å². The van der Waals surface area contributed by atoms with Crippen molar-refractivity contribution in [3.05, 3.63) is 23.8 Å². The zero-order valence-electron chi connectivity index (χ0n) is 11.7. The van der Waals surface area contributed by atoms with E-state index in [0.29, 0.717) is 11.7 Å². The molecule has 1 aromatic rings. The molecule has 2 rings (SSSR count). The fourth-order valence-electron chi connectivity index (χ4n) is 2.48. The fourth-order valence-corrected chi connectivity index (χ4v) is 2.48. The maximum absolute atomic E-state index is 12.9. The molecule has 0 radical (unpaired) electrons. The van der Waals surface area contributed by atoms with Crippen LogP contribution < -0.4 is 10.6 Å². The van der Waals surface area contributed by atoms with Crippen molar-refractivity contribution in [2.45, 2.75) is 26.1 Å². The van der Waals surface area contributed by atoms with E-state index >= 15 is 0 Å². The van der Waals surface area contributed by atoms with E-state index in [4.69, 9.17) is 5.73 Å². The third-order valence-corrected chi connectivity index (χ3v) is 3.75. The summed E-state index contributed by atoms with van der Waals surface area (Å²) in [6, 6.07) is 4.62. The quantitative estimate of drug-likeness (QED) is 0.849. The average molecular weight is 287 g/mol. The lowest BCUT2D eigenvalue weighted by Crippen LogP contribution is -2.48. The lowest BCUT2D eigenvalue weighted by Gasteiger charge is -2.38. The zero-order valence-corrected chi connectivity index (χ0v) is 11.7. The number of alkyl halides is 3. The molecule has 1 fully saturated rings. The second kappa shape index (κ2) is 5.52. The molecule has 1 aromatic carbocycles. The number of benzene rings is 1. The van der Waals surface area contributed by atoms with Gasteiger partial charge in [-0.2, -0.15) is 13.2 Å². The minimum Gasteiger partial charge on any atom is -0.398 e. The van der Waals surface area contributed by atoms with E-state index in [1.165, 1.54) is 6.07 Å². The summed E-state index contributed by atoms with van der Waals surface area (Å²) in [6.45, 7) is 7.45. The van der Waals surface area contributed by atoms with Crippen LogP contribution in [0, 0.1) is 0 Å². The molecule has 0 aromatic heterocycles. The van der Waals surface area contributed by atoms with Crippen molar-refractivity contribution < 1.29 is 13.2 Å². The Kier molecular flexibility index (Phi) is 4.13. The van der Waals surface area contributed by atoms with Gasteiger partial charge in [0, 0.05) is 43.6 Å². The number of nitrogens with two attached hydrogens (primary N) is 1. The Morgan fingerprint density at radius 3 is 2.20 bits per heavy atom. The molecule has 0 atom stereocenters. The highest BCUT2D eigenvalue weighted by Gasteiger charge is 2.33. The van der Waals surface area contributed by atoms with Gasteiger partial charge >= 0.3 is 6.18 Å². The van der Waals surface area contributed by atoms with Crippen LogP contribution in [0.5, 0.6) is 0 Å². The van der Waals surface area contributed by atoms with Crippen molar-refractivity contribution in [2.75, 3.05) is 36.8 Å². The second-order valence-corrected chi connectivity index (χ2v) is 5.39. The monoisotopic (exact) mass is 287 g/mol. The maximum Gasteiger partial charge on any atom is 0.418 e. The second-order valence-electron chi connectivity index (χ2n) is 5.39. The molecule has 0 amide bonds. The summed E-state index contributed by atoms with van der Waals surface area (Å²) in [4.78, 5) is 4.30. The number of nitrogen functional groups attached to an aromatic ring is 1.